The molecule has 0 aliphatic rings. The highest BCUT2D eigenvalue weighted by Gasteiger charge is 2.19. The van der Waals surface area contributed by atoms with E-state index in [2.05, 4.69) is 31.3 Å². The van der Waals surface area contributed by atoms with E-state index in [9.17, 15) is 9.18 Å². The van der Waals surface area contributed by atoms with Crippen molar-refractivity contribution in [2.45, 2.75) is 0 Å². The Kier molecular flexibility index (Phi) is 4.99. The van der Waals surface area contributed by atoms with Crippen LogP contribution in [-0.4, -0.2) is 20.7 Å². The summed E-state index contributed by atoms with van der Waals surface area (Å²) in [4.78, 5) is 17.1. The molecule has 0 fully saturated rings. The molecule has 5 nitrogen and oxygen atoms in total. The number of rotatable bonds is 4. The molecule has 0 unspecified atom stereocenters. The van der Waals surface area contributed by atoms with Crippen molar-refractivity contribution in [2.75, 3.05) is 5.32 Å². The van der Waals surface area contributed by atoms with Gasteiger partial charge in [0.1, 0.15) is 5.82 Å². The van der Waals surface area contributed by atoms with E-state index in [1.165, 1.54) is 24.3 Å². The van der Waals surface area contributed by atoms with Crippen LogP contribution in [0.5, 0.6) is 0 Å². The first kappa shape index (κ1) is 18.1. The highest BCUT2D eigenvalue weighted by molar-refractivity contribution is 9.10. The van der Waals surface area contributed by atoms with Crippen LogP contribution < -0.4 is 5.32 Å². The second-order valence-electron chi connectivity index (χ2n) is 5.97. The Morgan fingerprint density at radius 1 is 0.929 bits per heavy atom. The number of nitrogens with one attached hydrogen (secondary N) is 1. The Bertz CT molecular complexity index is 1110. The molecule has 0 spiro atoms. The molecule has 7 heteroatoms. The van der Waals surface area contributed by atoms with Crippen LogP contribution in [0, 0.1) is 5.82 Å². The molecule has 0 atom stereocenters. The maximum Gasteiger partial charge on any atom is 0.295 e. The van der Waals surface area contributed by atoms with Gasteiger partial charge in [-0.2, -0.15) is 0 Å². The smallest absolute Gasteiger partial charge is 0.295 e. The van der Waals surface area contributed by atoms with Crippen LogP contribution in [0.4, 0.5) is 10.1 Å². The van der Waals surface area contributed by atoms with E-state index in [-0.39, 0.29) is 11.6 Å². The number of benzene rings is 3. The Morgan fingerprint density at radius 3 is 2.29 bits per heavy atom. The van der Waals surface area contributed by atoms with Crippen LogP contribution in [-0.2, 0) is 0 Å². The zero-order chi connectivity index (χ0) is 19.5. The molecule has 0 aliphatic heterocycles. The number of aromatic nitrogens is 3. The van der Waals surface area contributed by atoms with Gasteiger partial charge in [-0.25, -0.2) is 14.1 Å². The van der Waals surface area contributed by atoms with Gasteiger partial charge in [0.05, 0.1) is 5.69 Å². The molecule has 0 bridgehead atoms. The fourth-order valence-corrected chi connectivity index (χ4v) is 2.93. The molecule has 28 heavy (non-hydrogen) atoms. The molecule has 0 aliphatic carbocycles. The maximum atomic E-state index is 13.1. The summed E-state index contributed by atoms with van der Waals surface area (Å²) in [5.74, 6) is -0.282. The van der Waals surface area contributed by atoms with Crippen molar-refractivity contribution < 1.29 is 9.18 Å². The van der Waals surface area contributed by atoms with Gasteiger partial charge in [-0.1, -0.05) is 46.3 Å². The van der Waals surface area contributed by atoms with Crippen LogP contribution in [0.3, 0.4) is 0 Å². The number of hydrogen-bond acceptors (Lipinski definition) is 3. The minimum absolute atomic E-state index is 0.0195. The first-order chi connectivity index (χ1) is 13.6. The minimum atomic E-state index is -0.473. The molecule has 138 valence electrons. The molecule has 0 saturated heterocycles. The SMILES string of the molecule is O=C(Nc1ccc(F)cc1)c1nc(-c2ccc(Br)cc2)n(-c2ccccc2)n1. The first-order valence-corrected chi connectivity index (χ1v) is 9.25. The fourth-order valence-electron chi connectivity index (χ4n) is 2.66. The van der Waals surface area contributed by atoms with Crippen molar-refractivity contribution >= 4 is 27.5 Å². The largest absolute Gasteiger partial charge is 0.319 e. The zero-order valence-electron chi connectivity index (χ0n) is 14.5. The van der Waals surface area contributed by atoms with E-state index in [0.717, 1.165) is 15.7 Å². The number of carbonyl (C=O) groups is 1. The molecule has 0 saturated carbocycles. The second kappa shape index (κ2) is 7.74. The summed E-state index contributed by atoms with van der Waals surface area (Å²) in [5.41, 5.74) is 2.07. The van der Waals surface area contributed by atoms with E-state index >= 15 is 0 Å². The van der Waals surface area contributed by atoms with Crippen molar-refractivity contribution in [3.63, 3.8) is 0 Å². The van der Waals surface area contributed by atoms with Gasteiger partial charge in [-0.3, -0.25) is 4.79 Å². The van der Waals surface area contributed by atoms with Gasteiger partial charge in [0.25, 0.3) is 5.91 Å². The highest BCUT2D eigenvalue weighted by atomic mass is 79.9. The van der Waals surface area contributed by atoms with Crippen LogP contribution in [0.15, 0.2) is 83.3 Å². The Morgan fingerprint density at radius 2 is 1.61 bits per heavy atom. The Labute approximate surface area is 169 Å². The van der Waals surface area contributed by atoms with Crippen molar-refractivity contribution in [1.29, 1.82) is 0 Å². The van der Waals surface area contributed by atoms with Crippen molar-refractivity contribution in [3.8, 4) is 17.1 Å². The Balaban J connectivity index is 1.73. The molecular formula is C21H14BrFN4O. The van der Waals surface area contributed by atoms with Crippen LogP contribution >= 0.6 is 15.9 Å². The molecule has 1 heterocycles. The predicted octanol–water partition coefficient (Wildman–Crippen LogP) is 5.09. The monoisotopic (exact) mass is 436 g/mol. The predicted molar refractivity (Wildman–Crippen MR) is 109 cm³/mol. The number of carbonyl (C=O) groups excluding carboxylic acids is 1. The minimum Gasteiger partial charge on any atom is -0.319 e. The number of para-hydroxylation sites is 1. The lowest BCUT2D eigenvalue weighted by Crippen LogP contribution is -2.14. The van der Waals surface area contributed by atoms with Gasteiger partial charge >= 0.3 is 0 Å². The average molecular weight is 437 g/mol. The van der Waals surface area contributed by atoms with Gasteiger partial charge in [-0.05, 0) is 48.5 Å². The fraction of sp³-hybridized carbons (Fsp3) is 0. The molecule has 1 N–H and O–H groups in total. The third-order valence-corrected chi connectivity index (χ3v) is 4.54. The average Bonchev–Trinajstić information content (AvgIpc) is 3.16. The van der Waals surface area contributed by atoms with E-state index in [4.69, 9.17) is 0 Å². The summed E-state index contributed by atoms with van der Waals surface area (Å²) >= 11 is 3.42. The lowest BCUT2D eigenvalue weighted by Gasteiger charge is -2.05. The normalized spacial score (nSPS) is 10.6. The molecular weight excluding hydrogens is 423 g/mol. The number of anilines is 1. The molecule has 3 aromatic carbocycles. The number of hydrogen-bond donors (Lipinski definition) is 1. The van der Waals surface area contributed by atoms with Gasteiger partial charge in [0.2, 0.25) is 5.82 Å². The van der Waals surface area contributed by atoms with E-state index in [0.29, 0.717) is 11.5 Å². The van der Waals surface area contributed by atoms with Crippen LogP contribution in [0.1, 0.15) is 10.6 Å². The summed E-state index contributed by atoms with van der Waals surface area (Å²) in [6.45, 7) is 0. The van der Waals surface area contributed by atoms with Gasteiger partial charge in [0, 0.05) is 15.7 Å². The quantitative estimate of drug-likeness (QED) is 0.484. The summed E-state index contributed by atoms with van der Waals surface area (Å²) < 4.78 is 15.6. The van der Waals surface area contributed by atoms with Gasteiger partial charge < -0.3 is 5.32 Å². The number of nitrogens with zero attached hydrogens (tertiary/aromatic N) is 3. The van der Waals surface area contributed by atoms with Crippen molar-refractivity contribution in [1.82, 2.24) is 14.8 Å². The molecule has 4 rings (SSSR count). The maximum absolute atomic E-state index is 13.1. The molecule has 1 amide bonds. The molecule has 0 radical (unpaired) electrons. The third-order valence-electron chi connectivity index (χ3n) is 4.02. The van der Waals surface area contributed by atoms with E-state index in [1.54, 1.807) is 4.68 Å². The van der Waals surface area contributed by atoms with Crippen molar-refractivity contribution in [3.05, 3.63) is 95.0 Å². The van der Waals surface area contributed by atoms with Crippen LogP contribution in [0.2, 0.25) is 0 Å². The third kappa shape index (κ3) is 3.84. The van der Waals surface area contributed by atoms with E-state index < -0.39 is 5.91 Å². The number of amides is 1. The lowest BCUT2D eigenvalue weighted by molar-refractivity contribution is 0.101. The summed E-state index contributed by atoms with van der Waals surface area (Å²) in [6.07, 6.45) is 0. The standard InChI is InChI=1S/C21H14BrFN4O/c22-15-8-6-14(7-9-15)20-25-19(26-27(20)18-4-2-1-3-5-18)21(28)24-17-12-10-16(23)11-13-17/h1-13H,(H,24,28). The first-order valence-electron chi connectivity index (χ1n) is 8.45. The molecule has 1 aromatic heterocycles. The number of halogens is 2. The summed E-state index contributed by atoms with van der Waals surface area (Å²) in [5, 5.41) is 7.09. The highest BCUT2D eigenvalue weighted by Crippen LogP contribution is 2.23. The summed E-state index contributed by atoms with van der Waals surface area (Å²) in [7, 11) is 0. The Hall–Kier alpha value is -3.32. The topological polar surface area (TPSA) is 59.8 Å². The molecule has 4 aromatic rings. The lowest BCUT2D eigenvalue weighted by atomic mass is 10.2. The van der Waals surface area contributed by atoms with Crippen LogP contribution in [0.25, 0.3) is 17.1 Å². The van der Waals surface area contributed by atoms with Gasteiger partial charge in [-0.15, -0.1) is 5.10 Å². The summed E-state index contributed by atoms with van der Waals surface area (Å²) in [6, 6.07) is 22.6. The second-order valence-corrected chi connectivity index (χ2v) is 6.89. The van der Waals surface area contributed by atoms with Gasteiger partial charge in [0.15, 0.2) is 5.82 Å². The van der Waals surface area contributed by atoms with E-state index in [1.807, 2.05) is 54.6 Å². The zero-order valence-corrected chi connectivity index (χ0v) is 16.1. The van der Waals surface area contributed by atoms with Crippen molar-refractivity contribution in [2.24, 2.45) is 0 Å².